The summed E-state index contributed by atoms with van der Waals surface area (Å²) in [5, 5.41) is 11.3. The Morgan fingerprint density at radius 1 is 0.941 bits per heavy atom. The van der Waals surface area contributed by atoms with Gasteiger partial charge in [0.2, 0.25) is 0 Å². The molecule has 0 bridgehead atoms. The van der Waals surface area contributed by atoms with Crippen molar-refractivity contribution >= 4 is 5.71 Å². The molecule has 3 heterocycles. The van der Waals surface area contributed by atoms with Crippen LogP contribution in [0.1, 0.15) is 25.7 Å². The molecule has 2 N–H and O–H groups in total. The van der Waals surface area contributed by atoms with Crippen LogP contribution >= 0.6 is 0 Å². The summed E-state index contributed by atoms with van der Waals surface area (Å²) in [5.74, 6) is 2.09. The van der Waals surface area contributed by atoms with Crippen LogP contribution in [0.3, 0.4) is 0 Å². The van der Waals surface area contributed by atoms with E-state index in [2.05, 4.69) is 15.8 Å². The SMILES string of the molecule is C1CC(C2=NOCC2C2CCNCC2)CCN1. The highest BCUT2D eigenvalue weighted by atomic mass is 16.6. The minimum Gasteiger partial charge on any atom is -0.395 e. The standard InChI is InChI=1S/C13H23N3O/c1-5-14-6-2-10(1)12-9-17-16-13(12)11-3-7-15-8-4-11/h10-12,14-15H,1-9H2. The van der Waals surface area contributed by atoms with Gasteiger partial charge in [0.05, 0.1) is 5.71 Å². The summed E-state index contributed by atoms with van der Waals surface area (Å²) >= 11 is 0. The Balaban J connectivity index is 1.65. The second-order valence-corrected chi connectivity index (χ2v) is 5.53. The molecule has 3 rings (SSSR count). The summed E-state index contributed by atoms with van der Waals surface area (Å²) in [6.07, 6.45) is 5.06. The van der Waals surface area contributed by atoms with Gasteiger partial charge in [-0.05, 0) is 57.8 Å². The number of nitrogens with one attached hydrogen (secondary N) is 2. The van der Waals surface area contributed by atoms with E-state index in [1.165, 1.54) is 44.5 Å². The van der Waals surface area contributed by atoms with E-state index in [9.17, 15) is 0 Å². The third kappa shape index (κ3) is 2.47. The van der Waals surface area contributed by atoms with E-state index in [-0.39, 0.29) is 0 Å². The van der Waals surface area contributed by atoms with Crippen LogP contribution in [-0.4, -0.2) is 38.5 Å². The van der Waals surface area contributed by atoms with Crippen molar-refractivity contribution in [2.75, 3.05) is 32.8 Å². The van der Waals surface area contributed by atoms with Crippen molar-refractivity contribution in [3.05, 3.63) is 0 Å². The third-order valence-electron chi connectivity index (χ3n) is 4.51. The molecule has 3 aliphatic heterocycles. The van der Waals surface area contributed by atoms with Crippen molar-refractivity contribution in [2.45, 2.75) is 25.7 Å². The van der Waals surface area contributed by atoms with Gasteiger partial charge in [-0.25, -0.2) is 0 Å². The fourth-order valence-corrected chi connectivity index (χ4v) is 3.46. The fraction of sp³-hybridized carbons (Fsp3) is 0.923. The maximum absolute atomic E-state index is 5.42. The monoisotopic (exact) mass is 237 g/mol. The van der Waals surface area contributed by atoms with E-state index in [0.29, 0.717) is 11.8 Å². The first-order valence-electron chi connectivity index (χ1n) is 7.06. The lowest BCUT2D eigenvalue weighted by atomic mass is 9.76. The van der Waals surface area contributed by atoms with Crippen molar-refractivity contribution < 1.29 is 4.84 Å². The predicted octanol–water partition coefficient (Wildman–Crippen LogP) is 0.988. The lowest BCUT2D eigenvalue weighted by molar-refractivity contribution is 0.131. The molecule has 1 unspecified atom stereocenters. The Labute approximate surface area is 103 Å². The number of piperidine rings is 2. The molecule has 0 radical (unpaired) electrons. The van der Waals surface area contributed by atoms with Gasteiger partial charge >= 0.3 is 0 Å². The summed E-state index contributed by atoms with van der Waals surface area (Å²) < 4.78 is 0. The van der Waals surface area contributed by atoms with E-state index in [0.717, 1.165) is 25.6 Å². The lowest BCUT2D eigenvalue weighted by Gasteiger charge is -2.31. The van der Waals surface area contributed by atoms with Crippen molar-refractivity contribution in [2.24, 2.45) is 22.9 Å². The van der Waals surface area contributed by atoms with E-state index in [1.807, 2.05) is 0 Å². The molecule has 4 heteroatoms. The zero-order chi connectivity index (χ0) is 11.5. The van der Waals surface area contributed by atoms with Gasteiger partial charge in [0.25, 0.3) is 0 Å². The minimum absolute atomic E-state index is 0.611. The number of rotatable bonds is 2. The second-order valence-electron chi connectivity index (χ2n) is 5.53. The smallest absolute Gasteiger partial charge is 0.125 e. The van der Waals surface area contributed by atoms with Crippen molar-refractivity contribution in [1.82, 2.24) is 10.6 Å². The molecular formula is C13H23N3O. The van der Waals surface area contributed by atoms with Gasteiger partial charge in [-0.15, -0.1) is 0 Å². The predicted molar refractivity (Wildman–Crippen MR) is 68.1 cm³/mol. The molecule has 2 fully saturated rings. The zero-order valence-electron chi connectivity index (χ0n) is 10.5. The van der Waals surface area contributed by atoms with Crippen molar-refractivity contribution in [3.63, 3.8) is 0 Å². The molecule has 0 aromatic heterocycles. The second kappa shape index (κ2) is 5.36. The molecule has 2 saturated heterocycles. The van der Waals surface area contributed by atoms with Crippen LogP contribution in [0.15, 0.2) is 5.16 Å². The van der Waals surface area contributed by atoms with Crippen LogP contribution < -0.4 is 10.6 Å². The summed E-state index contributed by atoms with van der Waals surface area (Å²) in [6.45, 7) is 5.45. The largest absolute Gasteiger partial charge is 0.395 e. The average molecular weight is 237 g/mol. The molecule has 0 aromatic carbocycles. The molecule has 96 valence electrons. The van der Waals surface area contributed by atoms with Gasteiger partial charge in [-0.3, -0.25) is 0 Å². The molecule has 0 spiro atoms. The summed E-state index contributed by atoms with van der Waals surface area (Å²) in [4.78, 5) is 5.42. The van der Waals surface area contributed by atoms with E-state index < -0.39 is 0 Å². The van der Waals surface area contributed by atoms with Crippen LogP contribution in [0.25, 0.3) is 0 Å². The summed E-state index contributed by atoms with van der Waals surface area (Å²) in [6, 6.07) is 0. The lowest BCUT2D eigenvalue weighted by Crippen LogP contribution is -2.39. The third-order valence-corrected chi connectivity index (χ3v) is 4.51. The van der Waals surface area contributed by atoms with E-state index in [4.69, 9.17) is 4.84 Å². The summed E-state index contributed by atoms with van der Waals surface area (Å²) in [5.41, 5.74) is 1.39. The topological polar surface area (TPSA) is 45.6 Å². The maximum atomic E-state index is 5.42. The van der Waals surface area contributed by atoms with Crippen LogP contribution in [0.4, 0.5) is 0 Å². The normalized spacial score (nSPS) is 32.2. The minimum atomic E-state index is 0.611. The number of hydrogen-bond acceptors (Lipinski definition) is 4. The molecule has 1 atom stereocenters. The Morgan fingerprint density at radius 2 is 1.59 bits per heavy atom. The molecule has 0 aliphatic carbocycles. The quantitative estimate of drug-likeness (QED) is 0.753. The van der Waals surface area contributed by atoms with Crippen LogP contribution in [0.5, 0.6) is 0 Å². The fourth-order valence-electron chi connectivity index (χ4n) is 3.46. The first-order chi connectivity index (χ1) is 8.45. The van der Waals surface area contributed by atoms with Gasteiger partial charge in [0.1, 0.15) is 6.61 Å². The van der Waals surface area contributed by atoms with Gasteiger partial charge < -0.3 is 15.5 Å². The highest BCUT2D eigenvalue weighted by Gasteiger charge is 2.36. The van der Waals surface area contributed by atoms with Gasteiger partial charge in [-0.1, -0.05) is 5.16 Å². The number of nitrogens with zero attached hydrogens (tertiary/aromatic N) is 1. The number of oxime groups is 1. The Kier molecular flexibility index (Phi) is 3.62. The van der Waals surface area contributed by atoms with Crippen LogP contribution in [0, 0.1) is 17.8 Å². The molecule has 0 amide bonds. The maximum Gasteiger partial charge on any atom is 0.125 e. The number of hydrogen-bond donors (Lipinski definition) is 2. The molecule has 0 aromatic rings. The Bertz CT molecular complexity index is 280. The van der Waals surface area contributed by atoms with Gasteiger partial charge in [0.15, 0.2) is 0 Å². The van der Waals surface area contributed by atoms with E-state index in [1.54, 1.807) is 0 Å². The molecule has 3 aliphatic rings. The summed E-state index contributed by atoms with van der Waals surface area (Å²) in [7, 11) is 0. The molecule has 0 saturated carbocycles. The van der Waals surface area contributed by atoms with Crippen molar-refractivity contribution in [3.8, 4) is 0 Å². The first kappa shape index (κ1) is 11.5. The first-order valence-corrected chi connectivity index (χ1v) is 7.06. The van der Waals surface area contributed by atoms with E-state index >= 15 is 0 Å². The Hall–Kier alpha value is -0.610. The zero-order valence-corrected chi connectivity index (χ0v) is 10.5. The van der Waals surface area contributed by atoms with Crippen LogP contribution in [0.2, 0.25) is 0 Å². The highest BCUT2D eigenvalue weighted by Crippen LogP contribution is 2.32. The van der Waals surface area contributed by atoms with Crippen molar-refractivity contribution in [1.29, 1.82) is 0 Å². The van der Waals surface area contributed by atoms with Gasteiger partial charge in [0, 0.05) is 11.8 Å². The van der Waals surface area contributed by atoms with Crippen LogP contribution in [-0.2, 0) is 4.84 Å². The molecule has 17 heavy (non-hydrogen) atoms. The highest BCUT2D eigenvalue weighted by molar-refractivity contribution is 5.90. The van der Waals surface area contributed by atoms with Gasteiger partial charge in [-0.2, -0.15) is 0 Å². The Morgan fingerprint density at radius 3 is 2.29 bits per heavy atom. The average Bonchev–Trinajstić information content (AvgIpc) is 2.90. The molecule has 4 nitrogen and oxygen atoms in total. The molecular weight excluding hydrogens is 214 g/mol.